The minimum absolute atomic E-state index is 0.153. The highest BCUT2D eigenvalue weighted by Gasteiger charge is 2.29. The molecule has 5 nitrogen and oxygen atoms in total. The van der Waals surface area contributed by atoms with Crippen molar-refractivity contribution < 1.29 is 9.90 Å². The Hall–Kier alpha value is -2.14. The maximum absolute atomic E-state index is 12.4. The van der Waals surface area contributed by atoms with Gasteiger partial charge in [0.1, 0.15) is 5.69 Å². The van der Waals surface area contributed by atoms with E-state index >= 15 is 0 Å². The van der Waals surface area contributed by atoms with Gasteiger partial charge in [-0.15, -0.1) is 0 Å². The number of aliphatic hydroxyl groups is 1. The quantitative estimate of drug-likeness (QED) is 0.895. The van der Waals surface area contributed by atoms with Crippen molar-refractivity contribution in [3.8, 4) is 0 Å². The first-order valence-electron chi connectivity index (χ1n) is 7.10. The normalized spacial score (nSPS) is 21.0. The van der Waals surface area contributed by atoms with Crippen LogP contribution >= 0.6 is 0 Å². The number of pyridine rings is 1. The van der Waals surface area contributed by atoms with Gasteiger partial charge in [-0.05, 0) is 30.9 Å². The number of para-hydroxylation sites is 1. The van der Waals surface area contributed by atoms with Crippen molar-refractivity contribution in [1.82, 2.24) is 9.88 Å². The van der Waals surface area contributed by atoms with Gasteiger partial charge in [0, 0.05) is 30.6 Å². The number of carbonyl (C=O) groups is 1. The molecule has 2 aromatic rings. The molecule has 1 aromatic carbocycles. The summed E-state index contributed by atoms with van der Waals surface area (Å²) in [5.74, 6) is 0.153. The molecule has 1 heterocycles. The van der Waals surface area contributed by atoms with Crippen molar-refractivity contribution in [2.45, 2.75) is 18.9 Å². The molecule has 0 radical (unpaired) electrons. The third-order valence-corrected chi connectivity index (χ3v) is 4.06. The Morgan fingerprint density at radius 3 is 2.81 bits per heavy atom. The van der Waals surface area contributed by atoms with Crippen LogP contribution in [0, 0.1) is 5.92 Å². The van der Waals surface area contributed by atoms with Crippen LogP contribution < -0.4 is 5.43 Å². The Morgan fingerprint density at radius 2 is 2.10 bits per heavy atom. The first-order valence-corrected chi connectivity index (χ1v) is 7.10. The van der Waals surface area contributed by atoms with E-state index in [-0.39, 0.29) is 17.4 Å². The molecule has 0 unspecified atom stereocenters. The van der Waals surface area contributed by atoms with Crippen LogP contribution in [0.15, 0.2) is 35.1 Å². The second-order valence-corrected chi connectivity index (χ2v) is 5.77. The van der Waals surface area contributed by atoms with Crippen LogP contribution in [-0.4, -0.2) is 40.6 Å². The average Bonchev–Trinajstić information content (AvgIpc) is 2.44. The molecule has 0 spiro atoms. The number of benzene rings is 1. The van der Waals surface area contributed by atoms with Crippen LogP contribution in [0.1, 0.15) is 23.3 Å². The molecule has 1 amide bonds. The smallest absolute Gasteiger partial charge is 0.270 e. The number of carbonyl (C=O) groups excluding carboxylic acids is 1. The molecule has 1 saturated carbocycles. The van der Waals surface area contributed by atoms with Gasteiger partial charge < -0.3 is 15.0 Å². The molecule has 0 saturated heterocycles. The Balaban J connectivity index is 1.82. The predicted octanol–water partition coefficient (Wildman–Crippen LogP) is 1.37. The van der Waals surface area contributed by atoms with Crippen LogP contribution in [0.25, 0.3) is 10.9 Å². The van der Waals surface area contributed by atoms with Gasteiger partial charge in [0.05, 0.1) is 6.10 Å². The topological polar surface area (TPSA) is 73.4 Å². The van der Waals surface area contributed by atoms with E-state index < -0.39 is 0 Å². The summed E-state index contributed by atoms with van der Waals surface area (Å²) in [6.45, 7) is 0.602. The number of nitrogens with zero attached hydrogens (tertiary/aromatic N) is 1. The second-order valence-electron chi connectivity index (χ2n) is 5.77. The Labute approximate surface area is 122 Å². The fraction of sp³-hybridized carbons (Fsp3) is 0.375. The molecule has 1 fully saturated rings. The lowest BCUT2D eigenvalue weighted by atomic mass is 9.82. The summed E-state index contributed by atoms with van der Waals surface area (Å²) in [7, 11) is 1.72. The van der Waals surface area contributed by atoms with Gasteiger partial charge in [-0.3, -0.25) is 9.59 Å². The van der Waals surface area contributed by atoms with E-state index in [1.165, 1.54) is 6.07 Å². The van der Waals surface area contributed by atoms with E-state index in [2.05, 4.69) is 4.98 Å². The maximum Gasteiger partial charge on any atom is 0.270 e. The fourth-order valence-electron chi connectivity index (χ4n) is 2.84. The monoisotopic (exact) mass is 286 g/mol. The number of rotatable bonds is 3. The van der Waals surface area contributed by atoms with Gasteiger partial charge >= 0.3 is 0 Å². The Morgan fingerprint density at radius 1 is 1.38 bits per heavy atom. The number of aliphatic hydroxyl groups excluding tert-OH is 1. The molecular weight excluding hydrogens is 268 g/mol. The zero-order valence-corrected chi connectivity index (χ0v) is 11.9. The van der Waals surface area contributed by atoms with Gasteiger partial charge in [-0.25, -0.2) is 0 Å². The zero-order chi connectivity index (χ0) is 15.0. The molecule has 0 aliphatic heterocycles. The first kappa shape index (κ1) is 13.8. The lowest BCUT2D eigenvalue weighted by Crippen LogP contribution is -2.40. The second kappa shape index (κ2) is 5.33. The van der Waals surface area contributed by atoms with Crippen molar-refractivity contribution in [3.63, 3.8) is 0 Å². The predicted molar refractivity (Wildman–Crippen MR) is 80.3 cm³/mol. The molecule has 110 valence electrons. The van der Waals surface area contributed by atoms with E-state index in [9.17, 15) is 14.7 Å². The van der Waals surface area contributed by atoms with Crippen LogP contribution in [-0.2, 0) is 0 Å². The minimum Gasteiger partial charge on any atom is -0.393 e. The molecule has 21 heavy (non-hydrogen) atoms. The van der Waals surface area contributed by atoms with E-state index in [0.717, 1.165) is 12.8 Å². The maximum atomic E-state index is 12.4. The summed E-state index contributed by atoms with van der Waals surface area (Å²) in [5, 5.41) is 9.87. The zero-order valence-electron chi connectivity index (χ0n) is 11.9. The standard InChI is InChI=1S/C16H18N2O3/c1-18(9-10-6-11(19)7-10)16(21)14-8-15(20)12-4-2-3-5-13(12)17-14/h2-5,8,10-11,19H,6-7,9H2,1H3,(H,17,20). The van der Waals surface area contributed by atoms with Crippen molar-refractivity contribution in [3.05, 3.63) is 46.2 Å². The molecule has 3 rings (SSSR count). The van der Waals surface area contributed by atoms with Gasteiger partial charge in [0.15, 0.2) is 5.43 Å². The number of hydrogen-bond acceptors (Lipinski definition) is 3. The summed E-state index contributed by atoms with van der Waals surface area (Å²) >= 11 is 0. The molecule has 0 bridgehead atoms. The van der Waals surface area contributed by atoms with Crippen molar-refractivity contribution in [1.29, 1.82) is 0 Å². The third kappa shape index (κ3) is 2.69. The van der Waals surface area contributed by atoms with Crippen LogP contribution in [0.2, 0.25) is 0 Å². The van der Waals surface area contributed by atoms with Gasteiger partial charge in [0.2, 0.25) is 0 Å². The van der Waals surface area contributed by atoms with Crippen molar-refractivity contribution >= 4 is 16.8 Å². The van der Waals surface area contributed by atoms with E-state index in [0.29, 0.717) is 29.1 Å². The number of nitrogens with one attached hydrogen (secondary N) is 1. The van der Waals surface area contributed by atoms with E-state index in [1.54, 1.807) is 30.1 Å². The third-order valence-electron chi connectivity index (χ3n) is 4.06. The Bertz CT molecular complexity index is 732. The molecule has 1 aliphatic rings. The minimum atomic E-state index is -0.223. The number of aromatic amines is 1. The number of H-pyrrole nitrogens is 1. The fourth-order valence-corrected chi connectivity index (χ4v) is 2.84. The molecule has 1 aromatic heterocycles. The summed E-state index contributed by atoms with van der Waals surface area (Å²) in [6.07, 6.45) is 1.26. The van der Waals surface area contributed by atoms with Crippen LogP contribution in [0.4, 0.5) is 0 Å². The molecule has 5 heteroatoms. The summed E-state index contributed by atoms with van der Waals surface area (Å²) < 4.78 is 0. The highest BCUT2D eigenvalue weighted by atomic mass is 16.3. The summed E-state index contributed by atoms with van der Waals surface area (Å²) in [4.78, 5) is 29.1. The number of fused-ring (bicyclic) bond motifs is 1. The highest BCUT2D eigenvalue weighted by Crippen LogP contribution is 2.27. The SMILES string of the molecule is CN(CC1CC(O)C1)C(=O)c1cc(=O)c2ccccc2[nH]1. The lowest BCUT2D eigenvalue weighted by molar-refractivity contribution is 0.0264. The van der Waals surface area contributed by atoms with Crippen LogP contribution in [0.5, 0.6) is 0 Å². The van der Waals surface area contributed by atoms with Crippen molar-refractivity contribution in [2.24, 2.45) is 5.92 Å². The Kier molecular flexibility index (Phi) is 3.51. The molecule has 1 aliphatic carbocycles. The van der Waals surface area contributed by atoms with Gasteiger partial charge in [0.25, 0.3) is 5.91 Å². The van der Waals surface area contributed by atoms with Crippen molar-refractivity contribution in [2.75, 3.05) is 13.6 Å². The largest absolute Gasteiger partial charge is 0.393 e. The number of amides is 1. The summed E-state index contributed by atoms with van der Waals surface area (Å²) in [6, 6.07) is 8.51. The molecule has 2 N–H and O–H groups in total. The first-order chi connectivity index (χ1) is 10.0. The average molecular weight is 286 g/mol. The summed E-state index contributed by atoms with van der Waals surface area (Å²) in [5.41, 5.74) is 0.821. The van der Waals surface area contributed by atoms with E-state index in [1.807, 2.05) is 6.07 Å². The number of aromatic nitrogens is 1. The molecule has 0 atom stereocenters. The van der Waals surface area contributed by atoms with E-state index in [4.69, 9.17) is 0 Å². The number of hydrogen-bond donors (Lipinski definition) is 2. The lowest BCUT2D eigenvalue weighted by Gasteiger charge is -2.34. The van der Waals surface area contributed by atoms with Gasteiger partial charge in [-0.1, -0.05) is 12.1 Å². The van der Waals surface area contributed by atoms with Gasteiger partial charge in [-0.2, -0.15) is 0 Å². The highest BCUT2D eigenvalue weighted by molar-refractivity contribution is 5.94. The molecular formula is C16H18N2O3. The van der Waals surface area contributed by atoms with Crippen LogP contribution in [0.3, 0.4) is 0 Å².